The van der Waals surface area contributed by atoms with Crippen molar-refractivity contribution in [3.63, 3.8) is 0 Å². The molecule has 6 heteroatoms. The van der Waals surface area contributed by atoms with Crippen molar-refractivity contribution in [2.24, 2.45) is 0 Å². The Bertz CT molecular complexity index is 1050. The second kappa shape index (κ2) is 6.63. The minimum absolute atomic E-state index is 0.573. The van der Waals surface area contributed by atoms with Crippen molar-refractivity contribution in [3.8, 4) is 28.5 Å². The van der Waals surface area contributed by atoms with Crippen molar-refractivity contribution in [3.05, 3.63) is 82.9 Å². The van der Waals surface area contributed by atoms with E-state index in [1.54, 1.807) is 12.4 Å². The number of nitrogens with one attached hydrogen (secondary N) is 1. The average Bonchev–Trinajstić information content (AvgIpc) is 3.01. The number of aromatic amines is 1. The van der Waals surface area contributed by atoms with Crippen LogP contribution >= 0.6 is 23.8 Å². The Morgan fingerprint density at radius 2 is 1.48 bits per heavy atom. The van der Waals surface area contributed by atoms with Gasteiger partial charge in [0.15, 0.2) is 4.77 Å². The predicted octanol–water partition coefficient (Wildman–Crippen LogP) is 5.31. The molecule has 0 fully saturated rings. The molecule has 0 bridgehead atoms. The number of hydrogen-bond donors (Lipinski definition) is 1. The van der Waals surface area contributed by atoms with Gasteiger partial charge in [0.1, 0.15) is 0 Å². The average molecular weight is 365 g/mol. The molecule has 0 atom stereocenters. The van der Waals surface area contributed by atoms with Crippen LogP contribution in [0.15, 0.2) is 73.1 Å². The van der Waals surface area contributed by atoms with Gasteiger partial charge in [-0.3, -0.25) is 14.5 Å². The van der Waals surface area contributed by atoms with Crippen molar-refractivity contribution >= 4 is 23.8 Å². The lowest BCUT2D eigenvalue weighted by molar-refractivity contribution is 1.03. The quantitative estimate of drug-likeness (QED) is 0.501. The van der Waals surface area contributed by atoms with E-state index in [-0.39, 0.29) is 0 Å². The van der Waals surface area contributed by atoms with Gasteiger partial charge in [0.25, 0.3) is 0 Å². The van der Waals surface area contributed by atoms with Gasteiger partial charge in [0, 0.05) is 23.1 Å². The summed E-state index contributed by atoms with van der Waals surface area (Å²) in [6.45, 7) is 0. The number of hydrogen-bond acceptors (Lipinski definition) is 3. The molecule has 0 amide bonds. The highest BCUT2D eigenvalue weighted by Crippen LogP contribution is 2.32. The van der Waals surface area contributed by atoms with Gasteiger partial charge < -0.3 is 4.98 Å². The lowest BCUT2D eigenvalue weighted by Gasteiger charge is -2.10. The number of imidazole rings is 1. The standard InChI is InChI=1S/C19H13ClN4S/c20-13-7-9-14(10-8-13)24-18(16-6-2-4-12-22-16)17(23-19(24)25)15-5-1-3-11-21-15/h1-12H,(H,23,25). The van der Waals surface area contributed by atoms with Crippen LogP contribution in [0.4, 0.5) is 0 Å². The fourth-order valence-corrected chi connectivity index (χ4v) is 3.14. The van der Waals surface area contributed by atoms with Gasteiger partial charge in [0.05, 0.1) is 22.8 Å². The normalized spacial score (nSPS) is 10.8. The molecule has 1 aromatic carbocycles. The van der Waals surface area contributed by atoms with E-state index in [0.29, 0.717) is 9.79 Å². The highest BCUT2D eigenvalue weighted by atomic mass is 35.5. The Labute approximate surface area is 154 Å². The Morgan fingerprint density at radius 1 is 0.840 bits per heavy atom. The smallest absolute Gasteiger partial charge is 0.182 e. The van der Waals surface area contributed by atoms with Crippen LogP contribution in [0.1, 0.15) is 0 Å². The molecule has 0 radical (unpaired) electrons. The maximum absolute atomic E-state index is 6.03. The molecule has 0 aliphatic carbocycles. The van der Waals surface area contributed by atoms with E-state index in [1.165, 1.54) is 0 Å². The van der Waals surface area contributed by atoms with Crippen molar-refractivity contribution in [2.75, 3.05) is 0 Å². The van der Waals surface area contributed by atoms with Gasteiger partial charge in [-0.2, -0.15) is 0 Å². The third kappa shape index (κ3) is 2.99. The van der Waals surface area contributed by atoms with Crippen molar-refractivity contribution < 1.29 is 0 Å². The third-order valence-corrected chi connectivity index (χ3v) is 4.35. The zero-order valence-corrected chi connectivity index (χ0v) is 14.6. The molecule has 4 rings (SSSR count). The predicted molar refractivity (Wildman–Crippen MR) is 102 cm³/mol. The third-order valence-electron chi connectivity index (χ3n) is 3.81. The number of nitrogens with zero attached hydrogens (tertiary/aromatic N) is 3. The molecule has 0 saturated heterocycles. The molecule has 25 heavy (non-hydrogen) atoms. The molecule has 122 valence electrons. The Kier molecular flexibility index (Phi) is 4.17. The Morgan fingerprint density at radius 3 is 2.08 bits per heavy atom. The highest BCUT2D eigenvalue weighted by molar-refractivity contribution is 7.71. The number of pyridine rings is 2. The van der Waals surface area contributed by atoms with Crippen molar-refractivity contribution in [2.45, 2.75) is 0 Å². The van der Waals surface area contributed by atoms with Crippen LogP contribution < -0.4 is 0 Å². The van der Waals surface area contributed by atoms with E-state index in [1.807, 2.05) is 65.2 Å². The first-order valence-electron chi connectivity index (χ1n) is 7.68. The van der Waals surface area contributed by atoms with E-state index in [2.05, 4.69) is 15.0 Å². The lowest BCUT2D eigenvalue weighted by Crippen LogP contribution is -1.99. The Hall–Kier alpha value is -2.76. The summed E-state index contributed by atoms with van der Waals surface area (Å²) < 4.78 is 2.53. The summed E-state index contributed by atoms with van der Waals surface area (Å²) in [7, 11) is 0. The fourth-order valence-electron chi connectivity index (χ4n) is 2.71. The monoisotopic (exact) mass is 364 g/mol. The van der Waals surface area contributed by atoms with E-state index < -0.39 is 0 Å². The van der Waals surface area contributed by atoms with Crippen LogP contribution in [0.2, 0.25) is 5.02 Å². The van der Waals surface area contributed by atoms with E-state index >= 15 is 0 Å². The lowest BCUT2D eigenvalue weighted by atomic mass is 10.1. The van der Waals surface area contributed by atoms with Gasteiger partial charge in [-0.1, -0.05) is 23.7 Å². The molecular weight excluding hydrogens is 352 g/mol. The van der Waals surface area contributed by atoms with E-state index in [9.17, 15) is 0 Å². The van der Waals surface area contributed by atoms with Crippen LogP contribution in [-0.2, 0) is 0 Å². The number of aromatic nitrogens is 4. The second-order valence-corrected chi connectivity index (χ2v) is 6.22. The molecule has 3 aromatic heterocycles. The van der Waals surface area contributed by atoms with Crippen molar-refractivity contribution in [1.82, 2.24) is 19.5 Å². The molecule has 1 N–H and O–H groups in total. The van der Waals surface area contributed by atoms with Crippen LogP contribution in [0.25, 0.3) is 28.5 Å². The first-order valence-corrected chi connectivity index (χ1v) is 8.46. The first kappa shape index (κ1) is 15.7. The van der Waals surface area contributed by atoms with Gasteiger partial charge in [0.2, 0.25) is 0 Å². The fraction of sp³-hybridized carbons (Fsp3) is 0. The Balaban J connectivity index is 2.03. The van der Waals surface area contributed by atoms with Gasteiger partial charge in [-0.25, -0.2) is 0 Å². The molecule has 0 saturated carbocycles. The van der Waals surface area contributed by atoms with Crippen LogP contribution in [0, 0.1) is 4.77 Å². The zero-order valence-electron chi connectivity index (χ0n) is 13.1. The SMILES string of the molecule is S=c1[nH]c(-c2ccccn2)c(-c2ccccn2)n1-c1ccc(Cl)cc1. The van der Waals surface area contributed by atoms with E-state index in [0.717, 1.165) is 28.5 Å². The molecule has 4 aromatic rings. The molecule has 3 heterocycles. The van der Waals surface area contributed by atoms with Gasteiger partial charge >= 0.3 is 0 Å². The number of rotatable bonds is 3. The molecule has 0 unspecified atom stereocenters. The van der Waals surface area contributed by atoms with Crippen LogP contribution in [-0.4, -0.2) is 19.5 Å². The summed E-state index contributed by atoms with van der Waals surface area (Å²) >= 11 is 11.6. The van der Waals surface area contributed by atoms with Gasteiger partial charge in [-0.05, 0) is 60.7 Å². The summed E-state index contributed by atoms with van der Waals surface area (Å²) in [5.74, 6) is 0. The molecule has 0 aliphatic heterocycles. The summed E-state index contributed by atoms with van der Waals surface area (Å²) in [5, 5.41) is 0.676. The number of benzene rings is 1. The molecular formula is C19H13ClN4S. The summed E-state index contributed by atoms with van der Waals surface area (Å²) in [6, 6.07) is 19.1. The number of H-pyrrole nitrogens is 1. The maximum Gasteiger partial charge on any atom is 0.182 e. The highest BCUT2D eigenvalue weighted by Gasteiger charge is 2.18. The number of halogens is 1. The topological polar surface area (TPSA) is 46.5 Å². The van der Waals surface area contributed by atoms with Crippen LogP contribution in [0.5, 0.6) is 0 Å². The molecule has 4 nitrogen and oxygen atoms in total. The molecule has 0 aliphatic rings. The summed E-state index contributed by atoms with van der Waals surface area (Å²) in [4.78, 5) is 12.3. The summed E-state index contributed by atoms with van der Waals surface area (Å²) in [5.41, 5.74) is 4.23. The van der Waals surface area contributed by atoms with Crippen LogP contribution in [0.3, 0.4) is 0 Å². The first-order chi connectivity index (χ1) is 12.2. The van der Waals surface area contributed by atoms with Crippen molar-refractivity contribution in [1.29, 1.82) is 0 Å². The van der Waals surface area contributed by atoms with E-state index in [4.69, 9.17) is 23.8 Å². The largest absolute Gasteiger partial charge is 0.328 e. The van der Waals surface area contributed by atoms with Gasteiger partial charge in [-0.15, -0.1) is 0 Å². The molecule has 0 spiro atoms. The minimum Gasteiger partial charge on any atom is -0.328 e. The minimum atomic E-state index is 0.573. The maximum atomic E-state index is 6.03. The zero-order chi connectivity index (χ0) is 17.2. The second-order valence-electron chi connectivity index (χ2n) is 5.40. The summed E-state index contributed by atoms with van der Waals surface area (Å²) in [6.07, 6.45) is 3.52.